The molecule has 2 rings (SSSR count). The van der Waals surface area contributed by atoms with Crippen LogP contribution >= 0.6 is 35.6 Å². The van der Waals surface area contributed by atoms with Crippen molar-refractivity contribution in [1.82, 2.24) is 15.2 Å². The minimum atomic E-state index is 0. The van der Waals surface area contributed by atoms with Crippen LogP contribution in [0.25, 0.3) is 0 Å². The molecule has 136 valence electrons. The van der Waals surface area contributed by atoms with Crippen LogP contribution < -0.4 is 16.2 Å². The maximum atomic E-state index is 11.6. The molecule has 5 nitrogen and oxygen atoms in total. The number of halogens is 2. The molecule has 0 aliphatic heterocycles. The molecule has 0 fully saturated rings. The van der Waals surface area contributed by atoms with E-state index >= 15 is 0 Å². The highest BCUT2D eigenvalue weighted by Crippen LogP contribution is 2.14. The van der Waals surface area contributed by atoms with Crippen LogP contribution in [0.3, 0.4) is 0 Å². The van der Waals surface area contributed by atoms with Crippen molar-refractivity contribution in [3.63, 3.8) is 0 Å². The summed E-state index contributed by atoms with van der Waals surface area (Å²) in [6.07, 6.45) is 3.70. The van der Waals surface area contributed by atoms with Crippen LogP contribution in [0.4, 0.5) is 0 Å². The zero-order valence-electron chi connectivity index (χ0n) is 14.2. The van der Waals surface area contributed by atoms with Gasteiger partial charge in [-0.15, -0.1) is 24.0 Å². The summed E-state index contributed by atoms with van der Waals surface area (Å²) in [6.45, 7) is 2.15. The summed E-state index contributed by atoms with van der Waals surface area (Å²) < 4.78 is 1.73. The van der Waals surface area contributed by atoms with Crippen molar-refractivity contribution in [2.75, 3.05) is 13.6 Å². The zero-order valence-corrected chi connectivity index (χ0v) is 17.3. The van der Waals surface area contributed by atoms with Gasteiger partial charge in [0.15, 0.2) is 5.96 Å². The second kappa shape index (κ2) is 11.9. The molecule has 0 aliphatic carbocycles. The minimum absolute atomic E-state index is 0. The van der Waals surface area contributed by atoms with Crippen LogP contribution in [-0.4, -0.2) is 24.1 Å². The second-order valence-electron chi connectivity index (χ2n) is 5.38. The van der Waals surface area contributed by atoms with E-state index in [1.807, 2.05) is 36.5 Å². The number of aromatic nitrogens is 1. The maximum Gasteiger partial charge on any atom is 0.250 e. The van der Waals surface area contributed by atoms with Gasteiger partial charge in [0.1, 0.15) is 0 Å². The van der Waals surface area contributed by atoms with Gasteiger partial charge in [-0.1, -0.05) is 35.9 Å². The SMILES string of the molecule is CN=C(NCCCCn1ccccc1=O)NCc1ccccc1Cl.I. The van der Waals surface area contributed by atoms with E-state index in [0.29, 0.717) is 6.54 Å². The zero-order chi connectivity index (χ0) is 17.2. The van der Waals surface area contributed by atoms with Gasteiger partial charge in [-0.2, -0.15) is 0 Å². The van der Waals surface area contributed by atoms with Gasteiger partial charge in [-0.25, -0.2) is 0 Å². The van der Waals surface area contributed by atoms with Gasteiger partial charge in [0.2, 0.25) is 5.56 Å². The first-order valence-corrected chi connectivity index (χ1v) is 8.42. The molecule has 0 unspecified atom stereocenters. The lowest BCUT2D eigenvalue weighted by molar-refractivity contribution is 0.585. The van der Waals surface area contributed by atoms with E-state index in [9.17, 15) is 4.79 Å². The molecule has 7 heteroatoms. The number of aryl methyl sites for hydroxylation is 1. The van der Waals surface area contributed by atoms with Gasteiger partial charge in [0.05, 0.1) is 0 Å². The third kappa shape index (κ3) is 7.48. The molecule has 0 spiro atoms. The van der Waals surface area contributed by atoms with Crippen molar-refractivity contribution < 1.29 is 0 Å². The number of hydrogen-bond donors (Lipinski definition) is 2. The number of hydrogen-bond acceptors (Lipinski definition) is 2. The Labute approximate surface area is 170 Å². The first kappa shape index (κ1) is 21.5. The number of unbranched alkanes of at least 4 members (excludes halogenated alkanes) is 1. The van der Waals surface area contributed by atoms with E-state index in [2.05, 4.69) is 15.6 Å². The highest BCUT2D eigenvalue weighted by atomic mass is 127. The molecule has 0 radical (unpaired) electrons. The van der Waals surface area contributed by atoms with Gasteiger partial charge < -0.3 is 15.2 Å². The summed E-state index contributed by atoms with van der Waals surface area (Å²) in [5.41, 5.74) is 1.08. The second-order valence-corrected chi connectivity index (χ2v) is 5.79. The lowest BCUT2D eigenvalue weighted by Crippen LogP contribution is -2.37. The molecule has 0 atom stereocenters. The van der Waals surface area contributed by atoms with Gasteiger partial charge in [0.25, 0.3) is 0 Å². The van der Waals surface area contributed by atoms with Crippen molar-refractivity contribution in [3.05, 3.63) is 69.6 Å². The summed E-state index contributed by atoms with van der Waals surface area (Å²) in [5.74, 6) is 0.742. The lowest BCUT2D eigenvalue weighted by Gasteiger charge is -2.12. The predicted octanol–water partition coefficient (Wildman–Crippen LogP) is 3.27. The van der Waals surface area contributed by atoms with E-state index in [1.165, 1.54) is 0 Å². The highest BCUT2D eigenvalue weighted by molar-refractivity contribution is 14.0. The average Bonchev–Trinajstić information content (AvgIpc) is 2.60. The van der Waals surface area contributed by atoms with Crippen molar-refractivity contribution in [3.8, 4) is 0 Å². The normalized spacial score (nSPS) is 10.9. The van der Waals surface area contributed by atoms with E-state index in [4.69, 9.17) is 11.6 Å². The summed E-state index contributed by atoms with van der Waals surface area (Å²) in [7, 11) is 1.74. The molecule has 25 heavy (non-hydrogen) atoms. The van der Waals surface area contributed by atoms with Crippen LogP contribution in [0.1, 0.15) is 18.4 Å². The van der Waals surface area contributed by atoms with Crippen LogP contribution in [0.2, 0.25) is 5.02 Å². The molecule has 1 heterocycles. The largest absolute Gasteiger partial charge is 0.356 e. The first-order chi connectivity index (χ1) is 11.7. The Morgan fingerprint density at radius 3 is 2.60 bits per heavy atom. The Hall–Kier alpha value is -1.54. The number of aliphatic imine (C=N–C) groups is 1. The Morgan fingerprint density at radius 1 is 1.12 bits per heavy atom. The topological polar surface area (TPSA) is 58.4 Å². The fraction of sp³-hybridized carbons (Fsp3) is 0.333. The predicted molar refractivity (Wildman–Crippen MR) is 115 cm³/mol. The molecule has 1 aromatic heterocycles. The van der Waals surface area contributed by atoms with Crippen LogP contribution in [0.5, 0.6) is 0 Å². The maximum absolute atomic E-state index is 11.6. The van der Waals surface area contributed by atoms with Gasteiger partial charge in [-0.05, 0) is 30.5 Å². The number of guanidine groups is 1. The Bertz CT molecular complexity index is 733. The van der Waals surface area contributed by atoms with Crippen molar-refractivity contribution in [2.45, 2.75) is 25.9 Å². The van der Waals surface area contributed by atoms with E-state index < -0.39 is 0 Å². The number of pyridine rings is 1. The summed E-state index contributed by atoms with van der Waals surface area (Å²) >= 11 is 6.14. The van der Waals surface area contributed by atoms with Crippen molar-refractivity contribution in [1.29, 1.82) is 0 Å². The molecule has 0 bridgehead atoms. The molecule has 0 amide bonds. The third-order valence-corrected chi connectivity index (χ3v) is 4.01. The van der Waals surface area contributed by atoms with Crippen LogP contribution in [0, 0.1) is 0 Å². The third-order valence-electron chi connectivity index (χ3n) is 3.64. The van der Waals surface area contributed by atoms with Crippen molar-refractivity contribution >= 4 is 41.5 Å². The van der Waals surface area contributed by atoms with Crippen LogP contribution in [-0.2, 0) is 13.1 Å². The Kier molecular flexibility index (Phi) is 10.3. The number of rotatable bonds is 7. The molecule has 1 aromatic carbocycles. The standard InChI is InChI=1S/C18H23ClN4O.HI/c1-20-18(22-14-15-8-2-3-9-16(15)19)21-11-5-7-13-23-12-6-4-10-17(23)24;/h2-4,6,8-10,12H,5,7,11,13-14H2,1H3,(H2,20,21,22);1H. The lowest BCUT2D eigenvalue weighted by atomic mass is 10.2. The molecular weight excluding hydrogens is 451 g/mol. The minimum Gasteiger partial charge on any atom is -0.356 e. The van der Waals surface area contributed by atoms with E-state index in [1.54, 1.807) is 23.7 Å². The Morgan fingerprint density at radius 2 is 1.88 bits per heavy atom. The molecule has 2 N–H and O–H groups in total. The Balaban J connectivity index is 0.00000312. The smallest absolute Gasteiger partial charge is 0.250 e. The molecular formula is C18H24ClIN4O. The number of nitrogens with one attached hydrogen (secondary N) is 2. The molecule has 0 saturated carbocycles. The van der Waals surface area contributed by atoms with E-state index in [0.717, 1.165) is 42.5 Å². The first-order valence-electron chi connectivity index (χ1n) is 8.04. The van der Waals surface area contributed by atoms with Gasteiger partial charge >= 0.3 is 0 Å². The molecule has 0 saturated heterocycles. The highest BCUT2D eigenvalue weighted by Gasteiger charge is 2.01. The fourth-order valence-corrected chi connectivity index (χ4v) is 2.50. The van der Waals surface area contributed by atoms with E-state index in [-0.39, 0.29) is 29.5 Å². The average molecular weight is 475 g/mol. The summed E-state index contributed by atoms with van der Waals surface area (Å²) in [6, 6.07) is 13.0. The van der Waals surface area contributed by atoms with Crippen molar-refractivity contribution in [2.24, 2.45) is 4.99 Å². The summed E-state index contributed by atoms with van der Waals surface area (Å²) in [4.78, 5) is 15.8. The van der Waals surface area contributed by atoms with Gasteiger partial charge in [-0.3, -0.25) is 9.79 Å². The van der Waals surface area contributed by atoms with Crippen LogP contribution in [0.15, 0.2) is 58.4 Å². The number of nitrogens with zero attached hydrogens (tertiary/aromatic N) is 2. The monoisotopic (exact) mass is 474 g/mol. The quantitative estimate of drug-likeness (QED) is 0.280. The molecule has 0 aliphatic rings. The fourth-order valence-electron chi connectivity index (χ4n) is 2.30. The number of benzene rings is 1. The molecule has 2 aromatic rings. The summed E-state index contributed by atoms with van der Waals surface area (Å²) in [5, 5.41) is 7.26. The van der Waals surface area contributed by atoms with Gasteiger partial charge in [0, 0.05) is 44.0 Å².